The van der Waals surface area contributed by atoms with Crippen LogP contribution in [0, 0.1) is 13.8 Å². The van der Waals surface area contributed by atoms with Gasteiger partial charge in [-0.3, -0.25) is 14.5 Å². The Kier molecular flexibility index (Phi) is 3.81. The number of nitrogens with zero attached hydrogens (tertiary/aromatic N) is 2. The van der Waals surface area contributed by atoms with Crippen molar-refractivity contribution in [3.63, 3.8) is 0 Å². The summed E-state index contributed by atoms with van der Waals surface area (Å²) in [7, 11) is 0. The Morgan fingerprint density at radius 2 is 1.57 bits per heavy atom. The molecule has 2 saturated heterocycles. The van der Waals surface area contributed by atoms with Crippen molar-refractivity contribution in [1.29, 1.82) is 0 Å². The fraction of sp³-hybridized carbons (Fsp3) is 0.529. The van der Waals surface area contributed by atoms with Gasteiger partial charge >= 0.3 is 0 Å². The van der Waals surface area contributed by atoms with Crippen LogP contribution < -0.4 is 4.90 Å². The molecule has 21 heavy (non-hydrogen) atoms. The van der Waals surface area contributed by atoms with Gasteiger partial charge < -0.3 is 0 Å². The minimum Gasteiger partial charge on any atom is -0.292 e. The molecule has 3 rings (SSSR count). The quantitative estimate of drug-likeness (QED) is 0.784. The molecule has 2 amide bonds. The van der Waals surface area contributed by atoms with E-state index in [1.165, 1.54) is 11.3 Å². The summed E-state index contributed by atoms with van der Waals surface area (Å²) in [5.41, 5.74) is 2.88. The lowest BCUT2D eigenvalue weighted by Gasteiger charge is -2.30. The second-order valence-corrected chi connectivity index (χ2v) is 6.23. The van der Waals surface area contributed by atoms with E-state index in [4.69, 9.17) is 0 Å². The molecule has 1 aromatic rings. The third kappa shape index (κ3) is 2.72. The van der Waals surface area contributed by atoms with Gasteiger partial charge in [0.05, 0.1) is 18.2 Å². The SMILES string of the molecule is Cc1cc(C)cc(N2C(=O)CC(N3CCCCC3)C2=O)c1. The lowest BCUT2D eigenvalue weighted by molar-refractivity contribution is -0.123. The first-order valence-electron chi connectivity index (χ1n) is 7.75. The summed E-state index contributed by atoms with van der Waals surface area (Å²) >= 11 is 0. The number of carbonyl (C=O) groups is 2. The molecule has 2 fully saturated rings. The molecule has 0 bridgehead atoms. The highest BCUT2D eigenvalue weighted by Gasteiger charge is 2.42. The molecule has 2 aliphatic rings. The Bertz CT molecular complexity index is 556. The first-order chi connectivity index (χ1) is 10.1. The largest absolute Gasteiger partial charge is 0.292 e. The number of piperidine rings is 1. The zero-order valence-electron chi connectivity index (χ0n) is 12.8. The fourth-order valence-electron chi connectivity index (χ4n) is 3.48. The van der Waals surface area contributed by atoms with Gasteiger partial charge in [0.15, 0.2) is 0 Å². The lowest BCUT2D eigenvalue weighted by atomic mass is 10.1. The van der Waals surface area contributed by atoms with Gasteiger partial charge in [0.1, 0.15) is 0 Å². The zero-order chi connectivity index (χ0) is 15.0. The number of hydrogen-bond acceptors (Lipinski definition) is 3. The van der Waals surface area contributed by atoms with Crippen molar-refractivity contribution in [2.45, 2.75) is 45.6 Å². The number of anilines is 1. The second-order valence-electron chi connectivity index (χ2n) is 6.23. The summed E-state index contributed by atoms with van der Waals surface area (Å²) in [6.07, 6.45) is 3.81. The van der Waals surface area contributed by atoms with E-state index >= 15 is 0 Å². The molecule has 112 valence electrons. The molecule has 0 N–H and O–H groups in total. The molecule has 1 unspecified atom stereocenters. The molecular weight excluding hydrogens is 264 g/mol. The van der Waals surface area contributed by atoms with Crippen molar-refractivity contribution >= 4 is 17.5 Å². The molecule has 4 heteroatoms. The number of hydrogen-bond donors (Lipinski definition) is 0. The number of imide groups is 1. The third-order valence-electron chi connectivity index (χ3n) is 4.42. The minimum atomic E-state index is -0.251. The maximum atomic E-state index is 12.7. The molecule has 0 aliphatic carbocycles. The van der Waals surface area contributed by atoms with Gasteiger partial charge in [0.2, 0.25) is 5.91 Å². The molecule has 2 aliphatic heterocycles. The van der Waals surface area contributed by atoms with Crippen molar-refractivity contribution in [2.75, 3.05) is 18.0 Å². The van der Waals surface area contributed by atoms with Gasteiger partial charge in [-0.1, -0.05) is 12.5 Å². The van der Waals surface area contributed by atoms with Crippen molar-refractivity contribution < 1.29 is 9.59 Å². The van der Waals surface area contributed by atoms with Gasteiger partial charge in [-0.2, -0.15) is 0 Å². The zero-order valence-corrected chi connectivity index (χ0v) is 12.8. The van der Waals surface area contributed by atoms with Crippen LogP contribution in [0.25, 0.3) is 0 Å². The van der Waals surface area contributed by atoms with Gasteiger partial charge in [-0.15, -0.1) is 0 Å². The van der Waals surface area contributed by atoms with E-state index in [9.17, 15) is 9.59 Å². The maximum Gasteiger partial charge on any atom is 0.251 e. The Morgan fingerprint density at radius 1 is 0.952 bits per heavy atom. The molecule has 1 aromatic carbocycles. The summed E-state index contributed by atoms with van der Waals surface area (Å²) in [4.78, 5) is 28.6. The highest BCUT2D eigenvalue weighted by Crippen LogP contribution is 2.28. The van der Waals surface area contributed by atoms with Gasteiger partial charge in [0, 0.05) is 0 Å². The van der Waals surface area contributed by atoms with Crippen molar-refractivity contribution in [1.82, 2.24) is 4.90 Å². The predicted octanol–water partition coefficient (Wildman–Crippen LogP) is 2.42. The smallest absolute Gasteiger partial charge is 0.251 e. The summed E-state index contributed by atoms with van der Waals surface area (Å²) < 4.78 is 0. The van der Waals surface area contributed by atoms with E-state index in [0.29, 0.717) is 6.42 Å². The van der Waals surface area contributed by atoms with Crippen LogP contribution in [0.15, 0.2) is 18.2 Å². The molecule has 2 heterocycles. The van der Waals surface area contributed by atoms with Crippen molar-refractivity contribution in [2.24, 2.45) is 0 Å². The van der Waals surface area contributed by atoms with E-state index in [0.717, 1.165) is 42.7 Å². The van der Waals surface area contributed by atoms with Gasteiger partial charge in [0.25, 0.3) is 5.91 Å². The summed E-state index contributed by atoms with van der Waals surface area (Å²) in [5, 5.41) is 0. The van der Waals surface area contributed by atoms with Gasteiger partial charge in [-0.05, 0) is 63.0 Å². The van der Waals surface area contributed by atoms with E-state index in [1.807, 2.05) is 26.0 Å². The number of likely N-dealkylation sites (tertiary alicyclic amines) is 1. The van der Waals surface area contributed by atoms with Crippen LogP contribution in [0.3, 0.4) is 0 Å². The number of carbonyl (C=O) groups excluding carboxylic acids is 2. The summed E-state index contributed by atoms with van der Waals surface area (Å²) in [6, 6.07) is 5.64. The van der Waals surface area contributed by atoms with Crippen LogP contribution in [0.4, 0.5) is 5.69 Å². The highest BCUT2D eigenvalue weighted by molar-refractivity contribution is 6.22. The van der Waals surface area contributed by atoms with Crippen LogP contribution in [0.5, 0.6) is 0 Å². The van der Waals surface area contributed by atoms with Crippen molar-refractivity contribution in [3.8, 4) is 0 Å². The number of rotatable bonds is 2. The first kappa shape index (κ1) is 14.3. The van der Waals surface area contributed by atoms with Crippen LogP contribution >= 0.6 is 0 Å². The molecular formula is C17H22N2O2. The third-order valence-corrected chi connectivity index (χ3v) is 4.42. The Labute approximate surface area is 125 Å². The Morgan fingerprint density at radius 3 is 2.19 bits per heavy atom. The van der Waals surface area contributed by atoms with E-state index in [2.05, 4.69) is 11.0 Å². The average Bonchev–Trinajstić information content (AvgIpc) is 2.74. The first-order valence-corrected chi connectivity index (χ1v) is 7.75. The molecule has 0 saturated carbocycles. The van der Waals surface area contributed by atoms with Gasteiger partial charge in [-0.25, -0.2) is 4.90 Å². The maximum absolute atomic E-state index is 12.7. The summed E-state index contributed by atoms with van der Waals surface area (Å²) in [5.74, 6) is -0.118. The standard InChI is InChI=1S/C17H22N2O2/c1-12-8-13(2)10-14(9-12)19-16(20)11-15(17(19)21)18-6-4-3-5-7-18/h8-10,15H,3-7,11H2,1-2H3. The minimum absolute atomic E-state index is 0.0492. The number of aryl methyl sites for hydroxylation is 2. The van der Waals surface area contributed by atoms with E-state index < -0.39 is 0 Å². The normalized spacial score (nSPS) is 23.9. The highest BCUT2D eigenvalue weighted by atomic mass is 16.2. The molecule has 1 atom stereocenters. The summed E-state index contributed by atoms with van der Waals surface area (Å²) in [6.45, 7) is 5.85. The van der Waals surface area contributed by atoms with Crippen molar-refractivity contribution in [3.05, 3.63) is 29.3 Å². The van der Waals surface area contributed by atoms with E-state index in [1.54, 1.807) is 0 Å². The molecule has 0 radical (unpaired) electrons. The average molecular weight is 286 g/mol. The topological polar surface area (TPSA) is 40.6 Å². The Balaban J connectivity index is 1.86. The number of benzene rings is 1. The van der Waals surface area contributed by atoms with Crippen LogP contribution in [0.2, 0.25) is 0 Å². The lowest BCUT2D eigenvalue weighted by Crippen LogP contribution is -2.44. The molecule has 4 nitrogen and oxygen atoms in total. The Hall–Kier alpha value is -1.68. The van der Waals surface area contributed by atoms with Crippen LogP contribution in [0.1, 0.15) is 36.8 Å². The van der Waals surface area contributed by atoms with Crippen LogP contribution in [-0.4, -0.2) is 35.8 Å². The second kappa shape index (κ2) is 5.60. The fourth-order valence-corrected chi connectivity index (χ4v) is 3.48. The van der Waals surface area contributed by atoms with E-state index in [-0.39, 0.29) is 17.9 Å². The molecule has 0 aromatic heterocycles. The molecule has 0 spiro atoms. The predicted molar refractivity (Wildman–Crippen MR) is 82.2 cm³/mol. The monoisotopic (exact) mass is 286 g/mol. The number of amides is 2. The van der Waals surface area contributed by atoms with Crippen LogP contribution in [-0.2, 0) is 9.59 Å².